The molecule has 23 heavy (non-hydrogen) atoms. The molecule has 0 atom stereocenters. The molecule has 1 fully saturated rings. The van der Waals surface area contributed by atoms with E-state index in [9.17, 15) is 9.59 Å². The summed E-state index contributed by atoms with van der Waals surface area (Å²) in [5.74, 6) is -0.0172. The number of aromatic nitrogens is 1. The zero-order chi connectivity index (χ0) is 16.8. The van der Waals surface area contributed by atoms with Gasteiger partial charge in [-0.2, -0.15) is 0 Å². The van der Waals surface area contributed by atoms with Gasteiger partial charge in [0.1, 0.15) is 5.69 Å². The second kappa shape index (κ2) is 7.92. The van der Waals surface area contributed by atoms with E-state index >= 15 is 0 Å². The van der Waals surface area contributed by atoms with Gasteiger partial charge >= 0.3 is 0 Å². The maximum atomic E-state index is 12.4. The molecule has 0 aliphatic carbocycles. The van der Waals surface area contributed by atoms with Gasteiger partial charge in [-0.25, -0.2) is 4.98 Å². The molecule has 2 amide bonds. The molecule has 1 saturated heterocycles. The van der Waals surface area contributed by atoms with Gasteiger partial charge in [0.25, 0.3) is 5.91 Å². The summed E-state index contributed by atoms with van der Waals surface area (Å²) in [4.78, 5) is 33.6. The quantitative estimate of drug-likeness (QED) is 0.849. The topological polar surface area (TPSA) is 68.8 Å². The van der Waals surface area contributed by atoms with E-state index in [1.807, 2.05) is 20.2 Å². The third-order valence-corrected chi connectivity index (χ3v) is 3.88. The van der Waals surface area contributed by atoms with Gasteiger partial charge in [0.15, 0.2) is 0 Å². The number of anilines is 1. The third-order valence-electron chi connectivity index (χ3n) is 3.88. The Balaban J connectivity index is 1.87. The van der Waals surface area contributed by atoms with E-state index in [0.717, 1.165) is 18.8 Å². The van der Waals surface area contributed by atoms with E-state index in [0.29, 0.717) is 31.9 Å². The van der Waals surface area contributed by atoms with E-state index in [2.05, 4.69) is 15.2 Å². The first-order valence-corrected chi connectivity index (χ1v) is 7.87. The lowest BCUT2D eigenvalue weighted by Gasteiger charge is -2.34. The Morgan fingerprint density at radius 1 is 1.17 bits per heavy atom. The summed E-state index contributed by atoms with van der Waals surface area (Å²) in [5.41, 5.74) is 1.35. The molecule has 7 heteroatoms. The SMILES string of the molecule is CC(=O)N1CCN(C(=O)c2ccc(NCCN(C)C)cn2)CC1. The first-order valence-electron chi connectivity index (χ1n) is 7.87. The maximum Gasteiger partial charge on any atom is 0.272 e. The van der Waals surface area contributed by atoms with Crippen LogP contribution in [0.25, 0.3) is 0 Å². The van der Waals surface area contributed by atoms with Gasteiger partial charge in [-0.05, 0) is 26.2 Å². The lowest BCUT2D eigenvalue weighted by Crippen LogP contribution is -2.50. The zero-order valence-corrected chi connectivity index (χ0v) is 14.1. The third kappa shape index (κ3) is 4.92. The van der Waals surface area contributed by atoms with Crippen LogP contribution >= 0.6 is 0 Å². The van der Waals surface area contributed by atoms with Crippen molar-refractivity contribution in [2.24, 2.45) is 0 Å². The van der Waals surface area contributed by atoms with Gasteiger partial charge in [-0.15, -0.1) is 0 Å². The number of carbonyl (C=O) groups excluding carboxylic acids is 2. The Labute approximate surface area is 137 Å². The summed E-state index contributed by atoms with van der Waals surface area (Å²) < 4.78 is 0. The molecule has 0 radical (unpaired) electrons. The number of amides is 2. The molecule has 2 rings (SSSR count). The van der Waals surface area contributed by atoms with Crippen molar-refractivity contribution < 1.29 is 9.59 Å². The molecule has 1 aliphatic rings. The van der Waals surface area contributed by atoms with Gasteiger partial charge in [0, 0.05) is 46.2 Å². The van der Waals surface area contributed by atoms with Crippen LogP contribution in [-0.4, -0.2) is 84.9 Å². The summed E-state index contributed by atoms with van der Waals surface area (Å²) in [6, 6.07) is 3.62. The van der Waals surface area contributed by atoms with Crippen molar-refractivity contribution >= 4 is 17.5 Å². The number of likely N-dealkylation sites (N-methyl/N-ethyl adjacent to an activating group) is 1. The van der Waals surface area contributed by atoms with Crippen LogP contribution < -0.4 is 5.32 Å². The number of piperazine rings is 1. The molecule has 0 spiro atoms. The highest BCUT2D eigenvalue weighted by molar-refractivity contribution is 5.92. The molecular formula is C16H25N5O2. The van der Waals surface area contributed by atoms with Crippen molar-refractivity contribution in [2.45, 2.75) is 6.92 Å². The number of rotatable bonds is 5. The molecule has 2 heterocycles. The van der Waals surface area contributed by atoms with Crippen LogP contribution in [0.15, 0.2) is 18.3 Å². The van der Waals surface area contributed by atoms with E-state index in [1.54, 1.807) is 29.0 Å². The van der Waals surface area contributed by atoms with Gasteiger partial charge in [0.2, 0.25) is 5.91 Å². The van der Waals surface area contributed by atoms with Gasteiger partial charge in [-0.3, -0.25) is 9.59 Å². The molecule has 1 aliphatic heterocycles. The standard InChI is InChI=1S/C16H25N5O2/c1-13(22)20-8-10-21(11-9-20)16(23)15-5-4-14(12-18-15)17-6-7-19(2)3/h4-5,12,17H,6-11H2,1-3H3. The number of nitrogens with zero attached hydrogens (tertiary/aromatic N) is 4. The van der Waals surface area contributed by atoms with E-state index in [1.165, 1.54) is 0 Å². The molecule has 1 aromatic rings. The fourth-order valence-corrected chi connectivity index (χ4v) is 2.44. The zero-order valence-electron chi connectivity index (χ0n) is 14.1. The minimum absolute atomic E-state index is 0.0587. The molecule has 126 valence electrons. The summed E-state index contributed by atoms with van der Waals surface area (Å²) in [5, 5.41) is 3.27. The Bertz CT molecular complexity index is 536. The summed E-state index contributed by atoms with van der Waals surface area (Å²) in [6.07, 6.45) is 1.69. The van der Waals surface area contributed by atoms with Gasteiger partial charge in [0.05, 0.1) is 11.9 Å². The van der Waals surface area contributed by atoms with Crippen molar-refractivity contribution in [2.75, 3.05) is 58.7 Å². The highest BCUT2D eigenvalue weighted by Gasteiger charge is 2.23. The van der Waals surface area contributed by atoms with Crippen molar-refractivity contribution in [1.29, 1.82) is 0 Å². The summed E-state index contributed by atoms with van der Waals surface area (Å²) >= 11 is 0. The second-order valence-electron chi connectivity index (χ2n) is 5.96. The first-order chi connectivity index (χ1) is 11.0. The normalized spacial score (nSPS) is 15.0. The van der Waals surface area contributed by atoms with Crippen LogP contribution in [0.4, 0.5) is 5.69 Å². The van der Waals surface area contributed by atoms with Crippen molar-refractivity contribution in [3.8, 4) is 0 Å². The smallest absolute Gasteiger partial charge is 0.272 e. The molecule has 0 saturated carbocycles. The van der Waals surface area contributed by atoms with Crippen LogP contribution in [0.5, 0.6) is 0 Å². The van der Waals surface area contributed by atoms with E-state index in [4.69, 9.17) is 0 Å². The summed E-state index contributed by atoms with van der Waals surface area (Å²) in [6.45, 7) is 5.61. The van der Waals surface area contributed by atoms with Crippen LogP contribution in [-0.2, 0) is 4.79 Å². The average molecular weight is 319 g/mol. The lowest BCUT2D eigenvalue weighted by atomic mass is 10.2. The number of hydrogen-bond acceptors (Lipinski definition) is 5. The van der Waals surface area contributed by atoms with Crippen LogP contribution in [0.2, 0.25) is 0 Å². The maximum absolute atomic E-state index is 12.4. The number of nitrogens with one attached hydrogen (secondary N) is 1. The minimum atomic E-state index is -0.0759. The molecule has 1 aromatic heterocycles. The van der Waals surface area contributed by atoms with Crippen LogP contribution in [0.1, 0.15) is 17.4 Å². The number of hydrogen-bond donors (Lipinski definition) is 1. The Morgan fingerprint density at radius 3 is 2.35 bits per heavy atom. The van der Waals surface area contributed by atoms with Crippen molar-refractivity contribution in [3.05, 3.63) is 24.0 Å². The van der Waals surface area contributed by atoms with Crippen LogP contribution in [0.3, 0.4) is 0 Å². The first kappa shape index (κ1) is 17.2. The molecule has 0 bridgehead atoms. The number of carbonyl (C=O) groups is 2. The van der Waals surface area contributed by atoms with Crippen molar-refractivity contribution in [3.63, 3.8) is 0 Å². The molecule has 7 nitrogen and oxygen atoms in total. The Kier molecular flexibility index (Phi) is 5.92. The van der Waals surface area contributed by atoms with Crippen molar-refractivity contribution in [1.82, 2.24) is 19.7 Å². The summed E-state index contributed by atoms with van der Waals surface area (Å²) in [7, 11) is 4.04. The highest BCUT2D eigenvalue weighted by Crippen LogP contribution is 2.10. The van der Waals surface area contributed by atoms with Crippen LogP contribution in [0, 0.1) is 0 Å². The van der Waals surface area contributed by atoms with E-state index in [-0.39, 0.29) is 11.8 Å². The lowest BCUT2D eigenvalue weighted by molar-refractivity contribution is -0.130. The number of pyridine rings is 1. The second-order valence-corrected chi connectivity index (χ2v) is 5.96. The molecule has 0 aromatic carbocycles. The molecule has 1 N–H and O–H groups in total. The Hall–Kier alpha value is -2.15. The van der Waals surface area contributed by atoms with Gasteiger partial charge < -0.3 is 20.0 Å². The Morgan fingerprint density at radius 2 is 1.83 bits per heavy atom. The van der Waals surface area contributed by atoms with Gasteiger partial charge in [-0.1, -0.05) is 0 Å². The van der Waals surface area contributed by atoms with E-state index < -0.39 is 0 Å². The molecular weight excluding hydrogens is 294 g/mol. The fraction of sp³-hybridized carbons (Fsp3) is 0.562. The molecule has 0 unspecified atom stereocenters. The minimum Gasteiger partial charge on any atom is -0.383 e. The fourth-order valence-electron chi connectivity index (χ4n) is 2.44. The highest BCUT2D eigenvalue weighted by atomic mass is 16.2. The predicted molar refractivity (Wildman–Crippen MR) is 89.4 cm³/mol. The average Bonchev–Trinajstić information content (AvgIpc) is 2.54. The largest absolute Gasteiger partial charge is 0.383 e. The monoisotopic (exact) mass is 319 g/mol. The predicted octanol–water partition coefficient (Wildman–Crippen LogP) is 0.359.